The van der Waals surface area contributed by atoms with Crippen LogP contribution in [0.1, 0.15) is 24.0 Å². The first kappa shape index (κ1) is 17.1. The summed E-state index contributed by atoms with van der Waals surface area (Å²) in [4.78, 5) is 5.09. The maximum atomic E-state index is 5.47. The molecule has 0 bridgehead atoms. The zero-order valence-corrected chi connectivity index (χ0v) is 15.5. The molecule has 3 atom stereocenters. The van der Waals surface area contributed by atoms with Gasteiger partial charge in [0, 0.05) is 39.3 Å². The fourth-order valence-electron chi connectivity index (χ4n) is 3.80. The molecule has 0 radical (unpaired) electrons. The van der Waals surface area contributed by atoms with Crippen LogP contribution in [0, 0.1) is 5.92 Å². The normalized spacial score (nSPS) is 29.4. The summed E-state index contributed by atoms with van der Waals surface area (Å²) in [5.74, 6) is 0.921. The zero-order chi connectivity index (χ0) is 17.3. The van der Waals surface area contributed by atoms with Gasteiger partial charge in [-0.05, 0) is 29.9 Å². The molecule has 4 fully saturated rings. The minimum absolute atomic E-state index is 0.435. The highest BCUT2D eigenvalue weighted by molar-refractivity contribution is 5.23. The molecule has 5 heteroatoms. The summed E-state index contributed by atoms with van der Waals surface area (Å²) in [6.45, 7) is 9.18. The Balaban J connectivity index is 1.20. The van der Waals surface area contributed by atoms with E-state index in [1.807, 2.05) is 0 Å². The average Bonchev–Trinajstić information content (AvgIpc) is 3.40. The fraction of sp³-hybridized carbons (Fsp3) is 0.714. The molecule has 3 saturated heterocycles. The minimum Gasteiger partial charge on any atom is -0.372 e. The van der Waals surface area contributed by atoms with Crippen LogP contribution < -0.4 is 0 Å². The standard InChI is InChI=1S/C21H30N2O3/c1-2-17(8-22(7-16-4-5-16)10-19-13-24-19)6-18(3-1)9-23(11-20-14-25-20)12-21-15-26-21/h1-3,6,16,19-21H,4-5,7-15H2. The summed E-state index contributed by atoms with van der Waals surface area (Å²) in [5.41, 5.74) is 2.83. The Bertz CT molecular complexity index is 532. The van der Waals surface area contributed by atoms with E-state index in [1.165, 1.54) is 30.5 Å². The lowest BCUT2D eigenvalue weighted by molar-refractivity contribution is 0.212. The van der Waals surface area contributed by atoms with Crippen molar-refractivity contribution >= 4 is 0 Å². The van der Waals surface area contributed by atoms with Gasteiger partial charge in [-0.3, -0.25) is 9.80 Å². The van der Waals surface area contributed by atoms with Crippen LogP contribution in [0.25, 0.3) is 0 Å². The van der Waals surface area contributed by atoms with Gasteiger partial charge in [0.05, 0.1) is 38.1 Å². The first-order chi connectivity index (χ1) is 12.8. The molecule has 26 heavy (non-hydrogen) atoms. The lowest BCUT2D eigenvalue weighted by atomic mass is 10.1. The third-order valence-electron chi connectivity index (χ3n) is 5.61. The van der Waals surface area contributed by atoms with E-state index in [-0.39, 0.29) is 0 Å². The monoisotopic (exact) mass is 358 g/mol. The summed E-state index contributed by atoms with van der Waals surface area (Å²) >= 11 is 0. The Morgan fingerprint density at radius 3 is 1.62 bits per heavy atom. The molecule has 1 aliphatic carbocycles. The molecule has 1 saturated carbocycles. The van der Waals surface area contributed by atoms with E-state index >= 15 is 0 Å². The van der Waals surface area contributed by atoms with Crippen LogP contribution in [0.5, 0.6) is 0 Å². The summed E-state index contributed by atoms with van der Waals surface area (Å²) in [7, 11) is 0. The second-order valence-electron chi connectivity index (χ2n) is 8.52. The van der Waals surface area contributed by atoms with Crippen molar-refractivity contribution in [2.45, 2.75) is 44.2 Å². The number of hydrogen-bond donors (Lipinski definition) is 0. The Morgan fingerprint density at radius 1 is 0.731 bits per heavy atom. The summed E-state index contributed by atoms with van der Waals surface area (Å²) in [6, 6.07) is 9.14. The molecule has 0 amide bonds. The third kappa shape index (κ3) is 5.51. The van der Waals surface area contributed by atoms with Crippen LogP contribution in [0.2, 0.25) is 0 Å². The molecule has 3 aliphatic heterocycles. The van der Waals surface area contributed by atoms with Gasteiger partial charge in [0.15, 0.2) is 0 Å². The van der Waals surface area contributed by atoms with Crippen molar-refractivity contribution in [2.75, 3.05) is 46.0 Å². The van der Waals surface area contributed by atoms with Gasteiger partial charge in [-0.25, -0.2) is 0 Å². The maximum absolute atomic E-state index is 5.47. The van der Waals surface area contributed by atoms with E-state index in [4.69, 9.17) is 14.2 Å². The first-order valence-corrected chi connectivity index (χ1v) is 10.2. The molecule has 0 aromatic heterocycles. The van der Waals surface area contributed by atoms with Gasteiger partial charge in [0.2, 0.25) is 0 Å². The molecule has 3 unspecified atom stereocenters. The van der Waals surface area contributed by atoms with E-state index in [0.29, 0.717) is 18.3 Å². The highest BCUT2D eigenvalue weighted by Gasteiger charge is 2.31. The van der Waals surface area contributed by atoms with Crippen molar-refractivity contribution < 1.29 is 14.2 Å². The minimum atomic E-state index is 0.435. The number of benzene rings is 1. The predicted molar refractivity (Wildman–Crippen MR) is 98.9 cm³/mol. The zero-order valence-electron chi connectivity index (χ0n) is 15.5. The van der Waals surface area contributed by atoms with E-state index in [1.54, 1.807) is 0 Å². The van der Waals surface area contributed by atoms with Crippen LogP contribution in [-0.4, -0.2) is 74.1 Å². The van der Waals surface area contributed by atoms with Gasteiger partial charge in [0.25, 0.3) is 0 Å². The van der Waals surface area contributed by atoms with Crippen molar-refractivity contribution in [1.82, 2.24) is 9.80 Å². The van der Waals surface area contributed by atoms with Gasteiger partial charge < -0.3 is 14.2 Å². The summed E-state index contributed by atoms with van der Waals surface area (Å²) < 4.78 is 16.3. The molecule has 1 aromatic carbocycles. The average molecular weight is 358 g/mol. The van der Waals surface area contributed by atoms with Gasteiger partial charge in [-0.15, -0.1) is 0 Å². The van der Waals surface area contributed by atoms with Crippen molar-refractivity contribution in [1.29, 1.82) is 0 Å². The number of hydrogen-bond acceptors (Lipinski definition) is 5. The van der Waals surface area contributed by atoms with Crippen molar-refractivity contribution in [3.8, 4) is 0 Å². The highest BCUT2D eigenvalue weighted by atomic mass is 16.6. The molecule has 5 nitrogen and oxygen atoms in total. The molecule has 1 aromatic rings. The Hall–Kier alpha value is -0.980. The molecule has 142 valence electrons. The van der Waals surface area contributed by atoms with Crippen LogP contribution in [0.4, 0.5) is 0 Å². The van der Waals surface area contributed by atoms with Crippen molar-refractivity contribution in [3.05, 3.63) is 35.4 Å². The number of ether oxygens (including phenoxy) is 3. The molecule has 3 heterocycles. The Morgan fingerprint density at radius 2 is 1.19 bits per heavy atom. The fourth-order valence-corrected chi connectivity index (χ4v) is 3.80. The molecule has 0 spiro atoms. The van der Waals surface area contributed by atoms with E-state index in [0.717, 1.165) is 58.5 Å². The Kier molecular flexibility index (Phi) is 4.99. The number of rotatable bonds is 12. The SMILES string of the molecule is c1cc(CN(CC2CC2)CC2CO2)cc(CN(CC2CO2)CC2CO2)c1. The second-order valence-corrected chi connectivity index (χ2v) is 8.52. The van der Waals surface area contributed by atoms with E-state index < -0.39 is 0 Å². The predicted octanol–water partition coefficient (Wildman–Crippen LogP) is 1.90. The van der Waals surface area contributed by atoms with E-state index in [2.05, 4.69) is 34.1 Å². The number of epoxide rings is 3. The first-order valence-electron chi connectivity index (χ1n) is 10.2. The van der Waals surface area contributed by atoms with Crippen LogP contribution >= 0.6 is 0 Å². The molecule has 5 rings (SSSR count). The van der Waals surface area contributed by atoms with Crippen LogP contribution in [0.15, 0.2) is 24.3 Å². The molecule has 4 aliphatic rings. The lowest BCUT2D eigenvalue weighted by Crippen LogP contribution is -2.31. The summed E-state index contributed by atoms with van der Waals surface area (Å²) in [5, 5.41) is 0. The quantitative estimate of drug-likeness (QED) is 0.534. The Labute approximate surface area is 156 Å². The van der Waals surface area contributed by atoms with Crippen molar-refractivity contribution in [2.24, 2.45) is 5.92 Å². The van der Waals surface area contributed by atoms with Gasteiger partial charge in [0.1, 0.15) is 0 Å². The highest BCUT2D eigenvalue weighted by Crippen LogP contribution is 2.31. The third-order valence-corrected chi connectivity index (χ3v) is 5.61. The number of nitrogens with zero attached hydrogens (tertiary/aromatic N) is 2. The van der Waals surface area contributed by atoms with Crippen LogP contribution in [0.3, 0.4) is 0 Å². The topological polar surface area (TPSA) is 44.1 Å². The molecular formula is C21H30N2O3. The maximum Gasteiger partial charge on any atom is 0.0936 e. The van der Waals surface area contributed by atoms with Gasteiger partial charge in [-0.1, -0.05) is 24.3 Å². The smallest absolute Gasteiger partial charge is 0.0936 e. The van der Waals surface area contributed by atoms with E-state index in [9.17, 15) is 0 Å². The molecule has 0 N–H and O–H groups in total. The molecular weight excluding hydrogens is 328 g/mol. The lowest BCUT2D eigenvalue weighted by Gasteiger charge is -2.23. The van der Waals surface area contributed by atoms with Gasteiger partial charge >= 0.3 is 0 Å². The van der Waals surface area contributed by atoms with Crippen LogP contribution in [-0.2, 0) is 27.3 Å². The van der Waals surface area contributed by atoms with Crippen molar-refractivity contribution in [3.63, 3.8) is 0 Å². The summed E-state index contributed by atoms with van der Waals surface area (Å²) in [6.07, 6.45) is 4.16. The second kappa shape index (κ2) is 7.56. The largest absolute Gasteiger partial charge is 0.372 e. The van der Waals surface area contributed by atoms with Gasteiger partial charge in [-0.2, -0.15) is 0 Å².